The number of rotatable bonds is 6. The maximum Gasteiger partial charge on any atom is 0.303 e. The Labute approximate surface area is 148 Å². The minimum absolute atomic E-state index is 0.272. The van der Waals surface area contributed by atoms with Crippen LogP contribution in [0.15, 0.2) is 59.3 Å². The molecular weight excluding hydrogens is 372 g/mol. The Morgan fingerprint density at radius 1 is 1.21 bits per heavy atom. The van der Waals surface area contributed by atoms with Crippen molar-refractivity contribution >= 4 is 32.9 Å². The summed E-state index contributed by atoms with van der Waals surface area (Å²) in [6.07, 6.45) is 1.35. The van der Waals surface area contributed by atoms with E-state index in [-0.39, 0.29) is 12.6 Å². The van der Waals surface area contributed by atoms with Crippen molar-refractivity contribution in [1.82, 2.24) is 9.55 Å². The van der Waals surface area contributed by atoms with Gasteiger partial charge < -0.3 is 14.0 Å². The predicted molar refractivity (Wildman–Crippen MR) is 94.9 cm³/mol. The lowest BCUT2D eigenvalue weighted by molar-refractivity contribution is -0.148. The van der Waals surface area contributed by atoms with Crippen LogP contribution < -0.4 is 4.74 Å². The van der Waals surface area contributed by atoms with Gasteiger partial charge >= 0.3 is 5.97 Å². The Bertz CT molecular complexity index is 830. The maximum absolute atomic E-state index is 11.4. The molecule has 0 saturated heterocycles. The highest BCUT2D eigenvalue weighted by molar-refractivity contribution is 9.10. The molecule has 3 aromatic rings. The maximum atomic E-state index is 11.4. The molecule has 2 aromatic carbocycles. The molecule has 0 bridgehead atoms. The fourth-order valence-corrected chi connectivity index (χ4v) is 2.72. The van der Waals surface area contributed by atoms with E-state index in [2.05, 4.69) is 20.9 Å². The standard InChI is InChI=1S/C18H17BrN2O3/c1-13(22)24-16(11-23-15-8-6-14(19)7-9-15)10-21-12-20-17-4-2-3-5-18(17)21/h2-9,12,16H,10-11H2,1H3/t16-/m1/s1. The van der Waals surface area contributed by atoms with Crippen LogP contribution in [0.2, 0.25) is 0 Å². The number of imidazole rings is 1. The van der Waals surface area contributed by atoms with Gasteiger partial charge in [0.25, 0.3) is 0 Å². The summed E-state index contributed by atoms with van der Waals surface area (Å²) in [5, 5.41) is 0. The van der Waals surface area contributed by atoms with Crippen molar-refractivity contribution in [2.45, 2.75) is 19.6 Å². The van der Waals surface area contributed by atoms with E-state index in [9.17, 15) is 4.79 Å². The minimum atomic E-state index is -0.399. The van der Waals surface area contributed by atoms with Crippen molar-refractivity contribution in [3.63, 3.8) is 0 Å². The molecule has 0 aliphatic carbocycles. The smallest absolute Gasteiger partial charge is 0.303 e. The van der Waals surface area contributed by atoms with E-state index in [0.717, 1.165) is 21.3 Å². The molecule has 0 N–H and O–H groups in total. The lowest BCUT2D eigenvalue weighted by atomic mass is 10.3. The van der Waals surface area contributed by atoms with Gasteiger partial charge in [-0.1, -0.05) is 28.1 Å². The van der Waals surface area contributed by atoms with Crippen LogP contribution in [-0.2, 0) is 16.1 Å². The van der Waals surface area contributed by atoms with Gasteiger partial charge in [-0.2, -0.15) is 0 Å². The van der Waals surface area contributed by atoms with Gasteiger partial charge in [0.05, 0.1) is 23.9 Å². The van der Waals surface area contributed by atoms with E-state index in [1.54, 1.807) is 6.33 Å². The van der Waals surface area contributed by atoms with Crippen LogP contribution in [0.5, 0.6) is 5.75 Å². The molecule has 0 radical (unpaired) electrons. The summed E-state index contributed by atoms with van der Waals surface area (Å²) in [5.41, 5.74) is 1.91. The first-order chi connectivity index (χ1) is 11.6. The Balaban J connectivity index is 1.71. The number of carbonyl (C=O) groups excluding carboxylic acids is 1. The van der Waals surface area contributed by atoms with Crippen LogP contribution in [0.25, 0.3) is 11.0 Å². The van der Waals surface area contributed by atoms with E-state index in [1.807, 2.05) is 53.1 Å². The molecule has 0 spiro atoms. The summed E-state index contributed by atoms with van der Waals surface area (Å²) < 4.78 is 14.1. The number of ether oxygens (including phenoxy) is 2. The van der Waals surface area contributed by atoms with E-state index >= 15 is 0 Å². The van der Waals surface area contributed by atoms with E-state index in [1.165, 1.54) is 6.92 Å². The summed E-state index contributed by atoms with van der Waals surface area (Å²) in [6.45, 7) is 2.16. The first kappa shape index (κ1) is 16.5. The third kappa shape index (κ3) is 4.14. The largest absolute Gasteiger partial charge is 0.490 e. The van der Waals surface area contributed by atoms with E-state index < -0.39 is 6.10 Å². The molecule has 24 heavy (non-hydrogen) atoms. The third-order valence-corrected chi connectivity index (χ3v) is 4.04. The lowest BCUT2D eigenvalue weighted by Crippen LogP contribution is -2.28. The number of halogens is 1. The molecule has 0 fully saturated rings. The lowest BCUT2D eigenvalue weighted by Gasteiger charge is -2.18. The molecule has 1 heterocycles. The average molecular weight is 389 g/mol. The molecule has 0 amide bonds. The normalized spacial score (nSPS) is 12.1. The van der Waals surface area contributed by atoms with Crippen molar-refractivity contribution in [3.05, 3.63) is 59.3 Å². The van der Waals surface area contributed by atoms with Crippen molar-refractivity contribution in [2.75, 3.05) is 6.61 Å². The van der Waals surface area contributed by atoms with E-state index in [0.29, 0.717) is 6.54 Å². The van der Waals surface area contributed by atoms with Crippen molar-refractivity contribution < 1.29 is 14.3 Å². The second kappa shape index (κ2) is 7.49. The summed E-state index contributed by atoms with van der Waals surface area (Å²) in [4.78, 5) is 15.7. The molecular formula is C18H17BrN2O3. The first-order valence-electron chi connectivity index (χ1n) is 7.57. The SMILES string of the molecule is CC(=O)O[C@@H](COc1ccc(Br)cc1)Cn1cnc2ccccc21. The summed E-state index contributed by atoms with van der Waals surface area (Å²) in [5.74, 6) is 0.398. The predicted octanol–water partition coefficient (Wildman–Crippen LogP) is 3.81. The summed E-state index contributed by atoms with van der Waals surface area (Å²) in [7, 11) is 0. The number of aromatic nitrogens is 2. The van der Waals surface area contributed by atoms with Gasteiger partial charge in [-0.05, 0) is 36.4 Å². The monoisotopic (exact) mass is 388 g/mol. The van der Waals surface area contributed by atoms with Crippen LogP contribution >= 0.6 is 15.9 Å². The highest BCUT2D eigenvalue weighted by Gasteiger charge is 2.15. The second-order valence-corrected chi connectivity index (χ2v) is 6.30. The number of carbonyl (C=O) groups is 1. The second-order valence-electron chi connectivity index (χ2n) is 5.38. The summed E-state index contributed by atoms with van der Waals surface area (Å²) >= 11 is 3.39. The molecule has 0 aliphatic rings. The van der Waals surface area contributed by atoms with Gasteiger partial charge in [-0.25, -0.2) is 4.98 Å². The van der Waals surface area contributed by atoms with Gasteiger partial charge in [-0.3, -0.25) is 4.79 Å². The van der Waals surface area contributed by atoms with Crippen LogP contribution in [-0.4, -0.2) is 28.2 Å². The average Bonchev–Trinajstić information content (AvgIpc) is 2.97. The molecule has 0 unspecified atom stereocenters. The third-order valence-electron chi connectivity index (χ3n) is 3.51. The molecule has 6 heteroatoms. The van der Waals surface area contributed by atoms with Crippen LogP contribution in [0.4, 0.5) is 0 Å². The number of esters is 1. The molecule has 0 saturated carbocycles. The highest BCUT2D eigenvalue weighted by Crippen LogP contribution is 2.17. The van der Waals surface area contributed by atoms with Gasteiger partial charge in [-0.15, -0.1) is 0 Å². The molecule has 3 rings (SSSR count). The zero-order valence-corrected chi connectivity index (χ0v) is 14.8. The number of hydrogen-bond donors (Lipinski definition) is 0. The number of nitrogens with zero attached hydrogens (tertiary/aromatic N) is 2. The number of benzene rings is 2. The van der Waals surface area contributed by atoms with Crippen LogP contribution in [0.3, 0.4) is 0 Å². The zero-order chi connectivity index (χ0) is 16.9. The number of hydrogen-bond acceptors (Lipinski definition) is 4. The molecule has 5 nitrogen and oxygen atoms in total. The number of fused-ring (bicyclic) bond motifs is 1. The molecule has 1 atom stereocenters. The zero-order valence-electron chi connectivity index (χ0n) is 13.2. The Hall–Kier alpha value is -2.34. The summed E-state index contributed by atoms with van der Waals surface area (Å²) in [6, 6.07) is 15.4. The number of para-hydroxylation sites is 2. The quantitative estimate of drug-likeness (QED) is 0.602. The van der Waals surface area contributed by atoms with Gasteiger partial charge in [0.15, 0.2) is 6.10 Å². The molecule has 0 aliphatic heterocycles. The topological polar surface area (TPSA) is 53.4 Å². The molecule has 1 aromatic heterocycles. The van der Waals surface area contributed by atoms with E-state index in [4.69, 9.17) is 9.47 Å². The minimum Gasteiger partial charge on any atom is -0.490 e. The van der Waals surface area contributed by atoms with Crippen LogP contribution in [0.1, 0.15) is 6.92 Å². The Morgan fingerprint density at radius 2 is 1.96 bits per heavy atom. The first-order valence-corrected chi connectivity index (χ1v) is 8.36. The fourth-order valence-electron chi connectivity index (χ4n) is 2.45. The molecule has 124 valence electrons. The highest BCUT2D eigenvalue weighted by atomic mass is 79.9. The van der Waals surface area contributed by atoms with Crippen molar-refractivity contribution in [2.24, 2.45) is 0 Å². The van der Waals surface area contributed by atoms with Gasteiger partial charge in [0.2, 0.25) is 0 Å². The van der Waals surface area contributed by atoms with Crippen LogP contribution in [0, 0.1) is 0 Å². The van der Waals surface area contributed by atoms with Gasteiger partial charge in [0, 0.05) is 11.4 Å². The Kier molecular flexibility index (Phi) is 5.15. The Morgan fingerprint density at radius 3 is 2.71 bits per heavy atom. The van der Waals surface area contributed by atoms with Gasteiger partial charge in [0.1, 0.15) is 12.4 Å². The fraction of sp³-hybridized carbons (Fsp3) is 0.222. The van der Waals surface area contributed by atoms with Crippen molar-refractivity contribution in [1.29, 1.82) is 0 Å². The van der Waals surface area contributed by atoms with Crippen molar-refractivity contribution in [3.8, 4) is 5.75 Å².